The molecule has 78 valence electrons. The molecule has 1 aromatic heterocycles. The third-order valence-corrected chi connectivity index (χ3v) is 3.97. The lowest BCUT2D eigenvalue weighted by molar-refractivity contribution is -0.0153. The topological polar surface area (TPSA) is 33.1 Å². The molecule has 0 amide bonds. The predicted octanol–water partition coefficient (Wildman–Crippen LogP) is 2.85. The van der Waals surface area contributed by atoms with Gasteiger partial charge < -0.3 is 5.11 Å². The van der Waals surface area contributed by atoms with E-state index in [1.807, 2.05) is 12.3 Å². The van der Waals surface area contributed by atoms with Gasteiger partial charge in [0.2, 0.25) is 0 Å². The molecule has 1 aliphatic carbocycles. The summed E-state index contributed by atoms with van der Waals surface area (Å²) < 4.78 is 0. The van der Waals surface area contributed by atoms with Crippen molar-refractivity contribution < 1.29 is 5.11 Å². The Kier molecular flexibility index (Phi) is 2.62. The number of aliphatic hydroxyl groups is 1. The minimum absolute atomic E-state index is 0.628. The van der Waals surface area contributed by atoms with Crippen LogP contribution in [0.15, 0.2) is 5.38 Å². The van der Waals surface area contributed by atoms with Gasteiger partial charge in [-0.3, -0.25) is 0 Å². The summed E-state index contributed by atoms with van der Waals surface area (Å²) in [4.78, 5) is 4.40. The van der Waals surface area contributed by atoms with Gasteiger partial charge in [0.25, 0.3) is 0 Å². The summed E-state index contributed by atoms with van der Waals surface area (Å²) in [5.74, 6) is 0.759. The fourth-order valence-corrected chi connectivity index (χ4v) is 2.78. The van der Waals surface area contributed by atoms with Gasteiger partial charge in [0, 0.05) is 5.38 Å². The zero-order chi connectivity index (χ0) is 10.2. The molecule has 3 heteroatoms. The highest BCUT2D eigenvalue weighted by molar-refractivity contribution is 7.09. The van der Waals surface area contributed by atoms with Crippen molar-refractivity contribution in [3.05, 3.63) is 16.1 Å². The fraction of sp³-hybridized carbons (Fsp3) is 0.727. The van der Waals surface area contributed by atoms with Crippen LogP contribution < -0.4 is 0 Å². The van der Waals surface area contributed by atoms with E-state index >= 15 is 0 Å². The van der Waals surface area contributed by atoms with E-state index in [4.69, 9.17) is 0 Å². The monoisotopic (exact) mass is 211 g/mol. The van der Waals surface area contributed by atoms with Crippen molar-refractivity contribution in [1.29, 1.82) is 0 Å². The Morgan fingerprint density at radius 3 is 2.64 bits per heavy atom. The summed E-state index contributed by atoms with van der Waals surface area (Å²) in [5.41, 5.74) is 0.268. The molecule has 0 aliphatic heterocycles. The average Bonchev–Trinajstić information content (AvgIpc) is 2.58. The first kappa shape index (κ1) is 10.1. The Morgan fingerprint density at radius 2 is 2.14 bits per heavy atom. The second-order valence-corrected chi connectivity index (χ2v) is 5.53. The SMILES string of the molecule is Cc1nc(C2(O)CCC(C)CC2)cs1. The molecule has 0 unspecified atom stereocenters. The van der Waals surface area contributed by atoms with Crippen LogP contribution in [0.2, 0.25) is 0 Å². The molecule has 1 fully saturated rings. The Labute approximate surface area is 89.0 Å². The lowest BCUT2D eigenvalue weighted by atomic mass is 9.78. The Hall–Kier alpha value is -0.410. The fourth-order valence-electron chi connectivity index (χ4n) is 2.07. The minimum Gasteiger partial charge on any atom is -0.384 e. The quantitative estimate of drug-likeness (QED) is 0.775. The third kappa shape index (κ3) is 1.84. The largest absolute Gasteiger partial charge is 0.384 e. The number of thiazole rings is 1. The van der Waals surface area contributed by atoms with Gasteiger partial charge in [-0.1, -0.05) is 6.92 Å². The van der Waals surface area contributed by atoms with Gasteiger partial charge in [-0.25, -0.2) is 4.98 Å². The summed E-state index contributed by atoms with van der Waals surface area (Å²) in [6.45, 7) is 4.24. The molecule has 0 spiro atoms. The maximum atomic E-state index is 10.4. The maximum absolute atomic E-state index is 10.4. The molecule has 1 saturated carbocycles. The zero-order valence-corrected chi connectivity index (χ0v) is 9.60. The van der Waals surface area contributed by atoms with Crippen LogP contribution in [0.25, 0.3) is 0 Å². The van der Waals surface area contributed by atoms with Gasteiger partial charge in [0.1, 0.15) is 5.60 Å². The molecule has 0 radical (unpaired) electrons. The molecule has 0 bridgehead atoms. The number of aromatic nitrogens is 1. The molecular weight excluding hydrogens is 194 g/mol. The van der Waals surface area contributed by atoms with Crippen molar-refractivity contribution in [3.63, 3.8) is 0 Å². The highest BCUT2D eigenvalue weighted by Gasteiger charge is 2.35. The van der Waals surface area contributed by atoms with E-state index in [2.05, 4.69) is 11.9 Å². The average molecular weight is 211 g/mol. The van der Waals surface area contributed by atoms with Crippen LogP contribution in [0.4, 0.5) is 0 Å². The van der Waals surface area contributed by atoms with Crippen LogP contribution in [0, 0.1) is 12.8 Å². The van der Waals surface area contributed by atoms with E-state index in [0.29, 0.717) is 0 Å². The van der Waals surface area contributed by atoms with Crippen LogP contribution in [0.5, 0.6) is 0 Å². The van der Waals surface area contributed by atoms with Crippen molar-refractivity contribution in [3.8, 4) is 0 Å². The van der Waals surface area contributed by atoms with Gasteiger partial charge in [-0.15, -0.1) is 11.3 Å². The van der Waals surface area contributed by atoms with E-state index in [9.17, 15) is 5.11 Å². The number of hydrogen-bond acceptors (Lipinski definition) is 3. The van der Waals surface area contributed by atoms with Crippen molar-refractivity contribution in [2.24, 2.45) is 5.92 Å². The van der Waals surface area contributed by atoms with E-state index < -0.39 is 5.60 Å². The first-order valence-corrected chi connectivity index (χ1v) is 6.13. The number of rotatable bonds is 1. The standard InChI is InChI=1S/C11H17NOS/c1-8-3-5-11(13,6-4-8)10-7-14-9(2)12-10/h7-8,13H,3-6H2,1-2H3. The molecule has 1 aromatic rings. The maximum Gasteiger partial charge on any atom is 0.107 e. The summed E-state index contributed by atoms with van der Waals surface area (Å²) in [5, 5.41) is 13.5. The Balaban J connectivity index is 2.16. The first-order valence-electron chi connectivity index (χ1n) is 5.25. The first-order chi connectivity index (χ1) is 6.60. The summed E-state index contributed by atoms with van der Waals surface area (Å²) in [7, 11) is 0. The molecule has 0 saturated heterocycles. The van der Waals surface area contributed by atoms with Crippen molar-refractivity contribution in [2.45, 2.75) is 45.1 Å². The Morgan fingerprint density at radius 1 is 1.50 bits per heavy atom. The molecule has 2 nitrogen and oxygen atoms in total. The molecule has 14 heavy (non-hydrogen) atoms. The van der Waals surface area contributed by atoms with Crippen LogP contribution in [-0.4, -0.2) is 10.1 Å². The van der Waals surface area contributed by atoms with Crippen LogP contribution in [0.3, 0.4) is 0 Å². The Bertz CT molecular complexity index is 313. The molecular formula is C11H17NOS. The smallest absolute Gasteiger partial charge is 0.107 e. The van der Waals surface area contributed by atoms with Crippen molar-refractivity contribution >= 4 is 11.3 Å². The highest BCUT2D eigenvalue weighted by Crippen LogP contribution is 2.39. The lowest BCUT2D eigenvalue weighted by Crippen LogP contribution is -2.31. The summed E-state index contributed by atoms with van der Waals surface area (Å²) in [6, 6.07) is 0. The van der Waals surface area contributed by atoms with Gasteiger partial charge in [0.05, 0.1) is 10.7 Å². The molecule has 0 aromatic carbocycles. The van der Waals surface area contributed by atoms with Crippen LogP contribution in [0.1, 0.15) is 43.3 Å². The van der Waals surface area contributed by atoms with E-state index in [-0.39, 0.29) is 0 Å². The van der Waals surface area contributed by atoms with E-state index in [1.54, 1.807) is 11.3 Å². The number of hydrogen-bond donors (Lipinski definition) is 1. The molecule has 1 heterocycles. The highest BCUT2D eigenvalue weighted by atomic mass is 32.1. The predicted molar refractivity (Wildman–Crippen MR) is 58.4 cm³/mol. The molecule has 1 aliphatic rings. The third-order valence-electron chi connectivity index (χ3n) is 3.20. The van der Waals surface area contributed by atoms with Gasteiger partial charge >= 0.3 is 0 Å². The second-order valence-electron chi connectivity index (χ2n) is 4.47. The summed E-state index contributed by atoms with van der Waals surface area (Å²) in [6.07, 6.45) is 3.98. The van der Waals surface area contributed by atoms with E-state index in [0.717, 1.165) is 42.3 Å². The number of nitrogens with zero attached hydrogens (tertiary/aromatic N) is 1. The van der Waals surface area contributed by atoms with Crippen LogP contribution >= 0.6 is 11.3 Å². The molecule has 1 N–H and O–H groups in total. The van der Waals surface area contributed by atoms with Crippen molar-refractivity contribution in [1.82, 2.24) is 4.98 Å². The molecule has 2 rings (SSSR count). The molecule has 0 atom stereocenters. The van der Waals surface area contributed by atoms with Crippen molar-refractivity contribution in [2.75, 3.05) is 0 Å². The van der Waals surface area contributed by atoms with E-state index in [1.165, 1.54) is 0 Å². The minimum atomic E-state index is -0.628. The lowest BCUT2D eigenvalue weighted by Gasteiger charge is -2.33. The number of aryl methyl sites for hydroxylation is 1. The normalized spacial score (nSPS) is 33.2. The van der Waals surface area contributed by atoms with Gasteiger partial charge in [-0.05, 0) is 38.5 Å². The second kappa shape index (κ2) is 3.63. The van der Waals surface area contributed by atoms with Gasteiger partial charge in [0.15, 0.2) is 0 Å². The summed E-state index contributed by atoms with van der Waals surface area (Å²) >= 11 is 1.63. The van der Waals surface area contributed by atoms with Gasteiger partial charge in [-0.2, -0.15) is 0 Å². The zero-order valence-electron chi connectivity index (χ0n) is 8.79. The van der Waals surface area contributed by atoms with Crippen LogP contribution in [-0.2, 0) is 5.60 Å².